The van der Waals surface area contributed by atoms with Gasteiger partial charge in [-0.2, -0.15) is 10.5 Å². The second-order valence-electron chi connectivity index (χ2n) is 8.97. The summed E-state index contributed by atoms with van der Waals surface area (Å²) in [6.45, 7) is 3.88. The molecule has 182 valence electrons. The van der Waals surface area contributed by atoms with Crippen LogP contribution in [0.3, 0.4) is 0 Å². The van der Waals surface area contributed by atoms with Crippen LogP contribution in [0, 0.1) is 36.5 Å². The normalized spacial score (nSPS) is 13.2. The van der Waals surface area contributed by atoms with Crippen molar-refractivity contribution in [2.24, 2.45) is 0 Å². The molecule has 0 unspecified atom stereocenters. The van der Waals surface area contributed by atoms with Crippen LogP contribution in [0.1, 0.15) is 23.2 Å². The molecule has 0 atom stereocenters. The van der Waals surface area contributed by atoms with Gasteiger partial charge in [-0.3, -0.25) is 0 Å². The zero-order valence-electron chi connectivity index (χ0n) is 20.7. The van der Waals surface area contributed by atoms with E-state index in [9.17, 15) is 10.5 Å². The van der Waals surface area contributed by atoms with Crippen LogP contribution < -0.4 is 10.7 Å². The monoisotopic (exact) mass is 536 g/mol. The predicted molar refractivity (Wildman–Crippen MR) is 151 cm³/mol. The number of hydrogen-bond acceptors (Lipinski definition) is 6. The van der Waals surface area contributed by atoms with Gasteiger partial charge < -0.3 is 17.8 Å². The van der Waals surface area contributed by atoms with E-state index in [1.54, 1.807) is 36.4 Å². The molecule has 4 heterocycles. The molecular formula is C26H16B2Cl2N6O2. The van der Waals surface area contributed by atoms with E-state index in [2.05, 4.69) is 22.1 Å². The first-order valence-electron chi connectivity index (χ1n) is 11.6. The molecule has 8 nitrogen and oxygen atoms in total. The molecule has 0 radical (unpaired) electrons. The third kappa shape index (κ3) is 3.39. The number of aryl methyl sites for hydroxylation is 2. The van der Waals surface area contributed by atoms with Crippen molar-refractivity contribution in [1.82, 2.24) is 18.9 Å². The Labute approximate surface area is 227 Å². The van der Waals surface area contributed by atoms with E-state index in [0.29, 0.717) is 42.9 Å². The largest absolute Gasteiger partial charge is 0.435 e. The van der Waals surface area contributed by atoms with Gasteiger partial charge in [0.1, 0.15) is 34.3 Å². The molecule has 6 rings (SSSR count). The van der Waals surface area contributed by atoms with Crippen LogP contribution in [0.4, 0.5) is 0 Å². The number of aromatic nitrogens is 4. The van der Waals surface area contributed by atoms with E-state index in [1.807, 2.05) is 38.8 Å². The SMILES string of the molecule is Bn1c(C)c2/c(=C(\C#N)c3nc4cc(Cl)ccc4o3)n(B)c(C)c2/c1=C(\C#N)c1nc2cc(Cl)ccc2o1. The van der Waals surface area contributed by atoms with Gasteiger partial charge in [0.2, 0.25) is 27.7 Å². The molecule has 0 spiro atoms. The fraction of sp³-hybridized carbons (Fsp3) is 0.0769. The summed E-state index contributed by atoms with van der Waals surface area (Å²) in [5, 5.41) is 24.5. The average Bonchev–Trinajstić information content (AvgIpc) is 3.62. The van der Waals surface area contributed by atoms with E-state index in [4.69, 9.17) is 32.0 Å². The smallest absolute Gasteiger partial charge is 0.240 e. The average molecular weight is 537 g/mol. The molecule has 38 heavy (non-hydrogen) atoms. The van der Waals surface area contributed by atoms with Crippen LogP contribution in [0.5, 0.6) is 0 Å². The van der Waals surface area contributed by atoms with E-state index >= 15 is 0 Å². The highest BCUT2D eigenvalue weighted by Gasteiger charge is 2.24. The summed E-state index contributed by atoms with van der Waals surface area (Å²) in [5.41, 5.74) is 4.43. The zero-order valence-corrected chi connectivity index (χ0v) is 22.2. The molecule has 0 saturated carbocycles. The van der Waals surface area contributed by atoms with Crippen molar-refractivity contribution in [3.05, 3.63) is 80.3 Å². The van der Waals surface area contributed by atoms with Crippen molar-refractivity contribution in [3.63, 3.8) is 0 Å². The molecule has 0 fully saturated rings. The molecule has 2 aromatic carbocycles. The van der Waals surface area contributed by atoms with Crippen LogP contribution in [-0.4, -0.2) is 34.9 Å². The lowest BCUT2D eigenvalue weighted by molar-refractivity contribution is 0.585. The van der Waals surface area contributed by atoms with Crippen LogP contribution >= 0.6 is 23.2 Å². The molecule has 0 aliphatic heterocycles. The zero-order chi connectivity index (χ0) is 26.9. The van der Waals surface area contributed by atoms with Crippen molar-refractivity contribution >= 4 is 83.3 Å². The van der Waals surface area contributed by atoms with E-state index in [1.165, 1.54) is 0 Å². The number of benzene rings is 2. The molecule has 6 aromatic rings. The lowest BCUT2D eigenvalue weighted by atomic mass is 10.1. The first kappa shape index (κ1) is 24.0. The maximum atomic E-state index is 10.3. The summed E-state index contributed by atoms with van der Waals surface area (Å²) in [6.07, 6.45) is 0. The van der Waals surface area contributed by atoms with Gasteiger partial charge in [0.15, 0.2) is 11.2 Å². The van der Waals surface area contributed by atoms with Gasteiger partial charge >= 0.3 is 0 Å². The fourth-order valence-corrected chi connectivity index (χ4v) is 5.28. The van der Waals surface area contributed by atoms with Crippen molar-refractivity contribution < 1.29 is 8.83 Å². The molecule has 0 N–H and O–H groups in total. The Balaban J connectivity index is 1.75. The molecule has 0 aliphatic rings. The highest BCUT2D eigenvalue weighted by molar-refractivity contribution is 6.31. The quantitative estimate of drug-likeness (QED) is 0.315. The predicted octanol–water partition coefficient (Wildman–Crippen LogP) is 2.89. The number of oxazole rings is 2. The third-order valence-corrected chi connectivity index (χ3v) is 7.42. The lowest BCUT2D eigenvalue weighted by Gasteiger charge is -2.04. The first-order chi connectivity index (χ1) is 18.2. The third-order valence-electron chi connectivity index (χ3n) is 6.95. The number of nitriles is 2. The highest BCUT2D eigenvalue weighted by Crippen LogP contribution is 2.27. The van der Waals surface area contributed by atoms with Gasteiger partial charge in [-0.15, -0.1) is 0 Å². The van der Waals surface area contributed by atoms with Crippen molar-refractivity contribution in [2.45, 2.75) is 13.8 Å². The Hall–Kier alpha value is -4.37. The standard InChI is InChI=1S/C26H16B2Cl2N6O2/c1-11-21-22(24(35(11)27)16(10-32)26-34-18-8-14(30)4-6-20(18)38-26)12(2)36(28)23(21)15(9-31)25-33-17-7-13(29)3-5-19(17)37-25/h3-8H,27-28H2,1-2H3/b23-15-,24-16-. The van der Waals surface area contributed by atoms with E-state index < -0.39 is 0 Å². The Morgan fingerprint density at radius 1 is 0.763 bits per heavy atom. The van der Waals surface area contributed by atoms with Gasteiger partial charge in [0, 0.05) is 32.2 Å². The summed E-state index contributed by atoms with van der Waals surface area (Å²) in [5.74, 6) is 0.384. The second-order valence-corrected chi connectivity index (χ2v) is 9.84. The Bertz CT molecular complexity index is 2030. The van der Waals surface area contributed by atoms with Crippen LogP contribution in [0.15, 0.2) is 45.2 Å². The topological polar surface area (TPSA) is 110 Å². The first-order valence-corrected chi connectivity index (χ1v) is 12.3. The Morgan fingerprint density at radius 3 is 1.53 bits per heavy atom. The highest BCUT2D eigenvalue weighted by atomic mass is 35.5. The summed E-state index contributed by atoms with van der Waals surface area (Å²) in [4.78, 5) is 9.09. The summed E-state index contributed by atoms with van der Waals surface area (Å²) in [6, 6.07) is 14.8. The number of halogens is 2. The molecular weight excluding hydrogens is 521 g/mol. The lowest BCUT2D eigenvalue weighted by Crippen LogP contribution is -2.23. The minimum absolute atomic E-state index is 0.192. The van der Waals surface area contributed by atoms with Crippen molar-refractivity contribution in [1.29, 1.82) is 10.5 Å². The molecule has 12 heteroatoms. The van der Waals surface area contributed by atoms with Crippen LogP contribution in [-0.2, 0) is 0 Å². The number of hydrogen-bond donors (Lipinski definition) is 0. The summed E-state index contributed by atoms with van der Waals surface area (Å²) < 4.78 is 15.8. The maximum absolute atomic E-state index is 10.3. The Kier molecular flexibility index (Phi) is 5.43. The van der Waals surface area contributed by atoms with Crippen molar-refractivity contribution in [2.75, 3.05) is 0 Å². The summed E-state index contributed by atoms with van der Waals surface area (Å²) in [7, 11) is 3.75. The van der Waals surface area contributed by atoms with Gasteiger partial charge in [-0.25, -0.2) is 9.97 Å². The Morgan fingerprint density at radius 2 is 1.16 bits per heavy atom. The maximum Gasteiger partial charge on any atom is 0.240 e. The number of fused-ring (bicyclic) bond motifs is 3. The van der Waals surface area contributed by atoms with E-state index in [-0.39, 0.29) is 22.9 Å². The van der Waals surface area contributed by atoms with Gasteiger partial charge in [0.05, 0.1) is 10.7 Å². The molecule has 0 bridgehead atoms. The minimum Gasteiger partial charge on any atom is -0.435 e. The molecule has 0 aliphatic carbocycles. The van der Waals surface area contributed by atoms with Gasteiger partial charge in [-0.05, 0) is 50.2 Å². The van der Waals surface area contributed by atoms with Gasteiger partial charge in [-0.1, -0.05) is 23.2 Å². The van der Waals surface area contributed by atoms with Crippen molar-refractivity contribution in [3.8, 4) is 12.1 Å². The van der Waals surface area contributed by atoms with E-state index in [0.717, 1.165) is 22.2 Å². The second kappa shape index (κ2) is 8.59. The molecule has 0 amide bonds. The van der Waals surface area contributed by atoms with Gasteiger partial charge in [0.25, 0.3) is 0 Å². The van der Waals surface area contributed by atoms with Crippen LogP contribution in [0.25, 0.3) is 44.1 Å². The number of rotatable bonds is 2. The molecule has 4 aromatic heterocycles. The molecule has 0 saturated heterocycles. The minimum atomic E-state index is 0.192. The summed E-state index contributed by atoms with van der Waals surface area (Å²) >= 11 is 12.3. The van der Waals surface area contributed by atoms with Crippen LogP contribution in [0.2, 0.25) is 10.0 Å². The number of nitrogens with zero attached hydrogens (tertiary/aromatic N) is 6. The fourth-order valence-electron chi connectivity index (χ4n) is 4.95.